The van der Waals surface area contributed by atoms with Gasteiger partial charge in [0.2, 0.25) is 5.72 Å². The molecule has 1 aromatic carbocycles. The lowest BCUT2D eigenvalue weighted by molar-refractivity contribution is -0.0992. The van der Waals surface area contributed by atoms with E-state index in [2.05, 4.69) is 10.4 Å². The molecule has 2 atom stereocenters. The highest BCUT2D eigenvalue weighted by atomic mass is 35.5. The molecule has 0 spiro atoms. The fourth-order valence-electron chi connectivity index (χ4n) is 3.24. The predicted octanol–water partition coefficient (Wildman–Crippen LogP) is 2.54. The van der Waals surface area contributed by atoms with Crippen LogP contribution in [0.15, 0.2) is 24.4 Å². The number of hydrogen-bond donors (Lipinski definition) is 1. The van der Waals surface area contributed by atoms with Crippen LogP contribution in [0.2, 0.25) is 5.02 Å². The van der Waals surface area contributed by atoms with Crippen molar-refractivity contribution in [2.75, 3.05) is 7.05 Å². The third-order valence-electron chi connectivity index (χ3n) is 4.42. The van der Waals surface area contributed by atoms with Gasteiger partial charge in [0.05, 0.1) is 6.04 Å². The Morgan fingerprint density at radius 2 is 2.26 bits per heavy atom. The number of aromatic nitrogens is 2. The van der Waals surface area contributed by atoms with Crippen LogP contribution in [0, 0.1) is 5.82 Å². The van der Waals surface area contributed by atoms with Crippen molar-refractivity contribution >= 4 is 17.6 Å². The van der Waals surface area contributed by atoms with Gasteiger partial charge in [-0.15, -0.1) is 0 Å². The zero-order valence-corrected chi connectivity index (χ0v) is 13.3. The van der Waals surface area contributed by atoms with Crippen LogP contribution in [0.4, 0.5) is 9.18 Å². The number of carbonyl (C=O) groups is 1. The van der Waals surface area contributed by atoms with E-state index in [0.717, 1.165) is 0 Å². The highest BCUT2D eigenvalue weighted by Gasteiger charge is 2.54. The maximum Gasteiger partial charge on any atom is 0.321 e. The van der Waals surface area contributed by atoms with E-state index in [4.69, 9.17) is 16.3 Å². The van der Waals surface area contributed by atoms with Gasteiger partial charge in [-0.3, -0.25) is 9.58 Å². The predicted molar refractivity (Wildman–Crippen MR) is 80.6 cm³/mol. The highest BCUT2D eigenvalue weighted by molar-refractivity contribution is 6.30. The van der Waals surface area contributed by atoms with Crippen molar-refractivity contribution in [3.63, 3.8) is 0 Å². The number of rotatable bonds is 1. The van der Waals surface area contributed by atoms with Gasteiger partial charge >= 0.3 is 6.03 Å². The summed E-state index contributed by atoms with van der Waals surface area (Å²) in [4.78, 5) is 13.8. The summed E-state index contributed by atoms with van der Waals surface area (Å²) in [6.07, 6.45) is 2.18. The second kappa shape index (κ2) is 4.61. The topological polar surface area (TPSA) is 59.4 Å². The second-order valence-electron chi connectivity index (χ2n) is 5.83. The second-order valence-corrected chi connectivity index (χ2v) is 6.27. The highest BCUT2D eigenvalue weighted by Crippen LogP contribution is 2.49. The van der Waals surface area contributed by atoms with Crippen LogP contribution in [-0.2, 0) is 12.8 Å². The molecule has 8 heteroatoms. The Bertz CT molecular complexity index is 824. The van der Waals surface area contributed by atoms with E-state index >= 15 is 0 Å². The summed E-state index contributed by atoms with van der Waals surface area (Å²) in [5, 5.41) is 7.50. The van der Waals surface area contributed by atoms with Gasteiger partial charge in [0, 0.05) is 37.3 Å². The lowest BCUT2D eigenvalue weighted by Gasteiger charge is -2.50. The zero-order valence-electron chi connectivity index (χ0n) is 12.5. The van der Waals surface area contributed by atoms with E-state index in [0.29, 0.717) is 17.7 Å². The van der Waals surface area contributed by atoms with Gasteiger partial charge in [0.25, 0.3) is 0 Å². The molecule has 1 N–H and O–H groups in total. The summed E-state index contributed by atoms with van der Waals surface area (Å²) in [5.41, 5.74) is -0.0407. The van der Waals surface area contributed by atoms with Crippen LogP contribution in [0.3, 0.4) is 0 Å². The average molecular weight is 337 g/mol. The minimum absolute atomic E-state index is 0.100. The minimum Gasteiger partial charge on any atom is -0.458 e. The lowest BCUT2D eigenvalue weighted by atomic mass is 9.88. The van der Waals surface area contributed by atoms with E-state index < -0.39 is 17.6 Å². The van der Waals surface area contributed by atoms with Crippen LogP contribution < -0.4 is 10.1 Å². The van der Waals surface area contributed by atoms with Gasteiger partial charge in [-0.2, -0.15) is 5.10 Å². The van der Waals surface area contributed by atoms with E-state index in [1.807, 2.05) is 0 Å². The Balaban J connectivity index is 1.93. The first-order valence-corrected chi connectivity index (χ1v) is 7.51. The molecule has 0 aliphatic carbocycles. The summed E-state index contributed by atoms with van der Waals surface area (Å²) >= 11 is 5.94. The van der Waals surface area contributed by atoms with Gasteiger partial charge in [-0.1, -0.05) is 11.6 Å². The monoisotopic (exact) mass is 336 g/mol. The fourth-order valence-corrected chi connectivity index (χ4v) is 3.45. The van der Waals surface area contributed by atoms with Gasteiger partial charge in [-0.05, 0) is 18.2 Å². The number of aryl methyl sites for hydroxylation is 1. The van der Waals surface area contributed by atoms with Gasteiger partial charge in [-0.25, -0.2) is 9.18 Å². The van der Waals surface area contributed by atoms with Crippen LogP contribution in [0.25, 0.3) is 0 Å². The smallest absolute Gasteiger partial charge is 0.321 e. The first-order valence-electron chi connectivity index (χ1n) is 7.13. The first-order chi connectivity index (χ1) is 10.9. The Morgan fingerprint density at radius 1 is 1.48 bits per heavy atom. The van der Waals surface area contributed by atoms with Crippen molar-refractivity contribution in [2.24, 2.45) is 7.05 Å². The van der Waals surface area contributed by atoms with E-state index in [-0.39, 0.29) is 16.8 Å². The molecule has 2 amide bonds. The number of halogens is 2. The van der Waals surface area contributed by atoms with Crippen molar-refractivity contribution in [1.29, 1.82) is 0 Å². The molecule has 0 radical (unpaired) electrons. The maximum atomic E-state index is 14.4. The molecule has 1 fully saturated rings. The molecule has 1 saturated heterocycles. The Labute approximate surface area is 136 Å². The van der Waals surface area contributed by atoms with Gasteiger partial charge in [0.15, 0.2) is 11.6 Å². The van der Waals surface area contributed by atoms with Crippen molar-refractivity contribution in [3.05, 3.63) is 46.5 Å². The van der Waals surface area contributed by atoms with Crippen molar-refractivity contribution in [2.45, 2.75) is 18.2 Å². The molecule has 2 aliphatic heterocycles. The molecule has 2 bridgehead atoms. The van der Waals surface area contributed by atoms with Crippen molar-refractivity contribution < 1.29 is 13.9 Å². The number of nitrogens with zero attached hydrogens (tertiary/aromatic N) is 3. The molecule has 2 aliphatic rings. The fraction of sp³-hybridized carbons (Fsp3) is 0.333. The number of urea groups is 1. The quantitative estimate of drug-likeness (QED) is 0.870. The third-order valence-corrected chi connectivity index (χ3v) is 4.64. The standard InChI is InChI=1S/C15H14ClFN4O2/c1-20-4-3-12(19-20)15-7-11(18-14(22)21(15)2)9-5-8(16)6-10(17)13(9)23-15/h3-6,11H,7H2,1-2H3,(H,18,22). The molecule has 120 valence electrons. The normalized spacial score (nSPS) is 25.7. The van der Waals surface area contributed by atoms with Crippen LogP contribution >= 0.6 is 11.6 Å². The first kappa shape index (κ1) is 14.3. The molecule has 23 heavy (non-hydrogen) atoms. The molecule has 0 saturated carbocycles. The largest absolute Gasteiger partial charge is 0.458 e. The Kier molecular flexibility index (Phi) is 2.87. The number of benzene rings is 1. The summed E-state index contributed by atoms with van der Waals surface area (Å²) < 4.78 is 22.0. The number of nitrogens with one attached hydrogen (secondary N) is 1. The van der Waals surface area contributed by atoms with Gasteiger partial charge < -0.3 is 10.1 Å². The minimum atomic E-state index is -1.14. The number of hydrogen-bond acceptors (Lipinski definition) is 3. The van der Waals surface area contributed by atoms with Crippen molar-refractivity contribution in [3.8, 4) is 5.75 Å². The maximum absolute atomic E-state index is 14.4. The lowest BCUT2D eigenvalue weighted by Crippen LogP contribution is -2.63. The number of ether oxygens (including phenoxy) is 1. The molecule has 2 aromatic rings. The molecule has 2 unspecified atom stereocenters. The molecular weight excluding hydrogens is 323 g/mol. The van der Waals surface area contributed by atoms with Crippen LogP contribution in [0.1, 0.15) is 23.7 Å². The summed E-state index contributed by atoms with van der Waals surface area (Å²) in [7, 11) is 3.39. The number of carbonyl (C=O) groups excluding carboxylic acids is 1. The molecule has 3 heterocycles. The van der Waals surface area contributed by atoms with Crippen molar-refractivity contribution in [1.82, 2.24) is 20.0 Å². The Morgan fingerprint density at radius 3 is 2.96 bits per heavy atom. The van der Waals surface area contributed by atoms with Crippen LogP contribution in [0.5, 0.6) is 5.75 Å². The molecule has 6 nitrogen and oxygen atoms in total. The Hall–Kier alpha value is -2.28. The molecule has 4 rings (SSSR count). The van der Waals surface area contributed by atoms with E-state index in [1.54, 1.807) is 37.1 Å². The number of amides is 2. The third kappa shape index (κ3) is 1.92. The van der Waals surface area contributed by atoms with Gasteiger partial charge in [0.1, 0.15) is 5.69 Å². The van der Waals surface area contributed by atoms with E-state index in [1.165, 1.54) is 11.0 Å². The SMILES string of the molecule is CN1C(=O)NC2CC1(c1ccn(C)n1)Oc1c(F)cc(Cl)cc12. The zero-order chi connectivity index (χ0) is 16.4. The van der Waals surface area contributed by atoms with Crippen LogP contribution in [-0.4, -0.2) is 27.8 Å². The average Bonchev–Trinajstić information content (AvgIpc) is 2.93. The summed E-state index contributed by atoms with van der Waals surface area (Å²) in [6.45, 7) is 0. The molecule has 1 aromatic heterocycles. The van der Waals surface area contributed by atoms with E-state index in [9.17, 15) is 9.18 Å². The summed E-state index contributed by atoms with van der Waals surface area (Å²) in [6, 6.07) is 3.90. The number of fused-ring (bicyclic) bond motifs is 4. The summed E-state index contributed by atoms with van der Waals surface area (Å²) in [5.74, 6) is -0.454. The molecular formula is C15H14ClFN4O2.